The van der Waals surface area contributed by atoms with Gasteiger partial charge in [-0.2, -0.15) is 5.10 Å². The second-order valence-corrected chi connectivity index (χ2v) is 12.5. The van der Waals surface area contributed by atoms with E-state index in [-0.39, 0.29) is 11.1 Å². The van der Waals surface area contributed by atoms with E-state index in [9.17, 15) is 14.7 Å². The van der Waals surface area contributed by atoms with Crippen molar-refractivity contribution in [3.63, 3.8) is 0 Å². The summed E-state index contributed by atoms with van der Waals surface area (Å²) in [6.07, 6.45) is 2.11. The van der Waals surface area contributed by atoms with E-state index >= 15 is 0 Å². The molecule has 1 aromatic heterocycles. The van der Waals surface area contributed by atoms with Gasteiger partial charge in [-0.15, -0.1) is 0 Å². The van der Waals surface area contributed by atoms with E-state index in [0.29, 0.717) is 42.6 Å². The Morgan fingerprint density at radius 1 is 0.818 bits per heavy atom. The molecule has 0 aliphatic carbocycles. The smallest absolute Gasteiger partial charge is 0.347 e. The molecule has 0 aliphatic rings. The Hall–Kier alpha value is -4.53. The van der Waals surface area contributed by atoms with Crippen LogP contribution in [0.3, 0.4) is 0 Å². The topological polar surface area (TPSA) is 105 Å². The molecule has 0 amide bonds. The highest BCUT2D eigenvalue weighted by atomic mass is 16.5. The van der Waals surface area contributed by atoms with Crippen LogP contribution < -0.4 is 19.9 Å². The first-order valence-electron chi connectivity index (χ1n) is 14.8. The SMILES string of the molecule is COc1ccc(Cn2c(CCCc3ccc(OC(C)(C)C(=O)O)cc3)nn(Cc3ccc(C(C)(C)C)cc3)c2=O)c(OC)c1. The van der Waals surface area contributed by atoms with E-state index in [2.05, 4.69) is 45.0 Å². The average molecular weight is 602 g/mol. The van der Waals surface area contributed by atoms with E-state index in [1.807, 2.05) is 30.3 Å². The minimum Gasteiger partial charge on any atom is -0.497 e. The number of carbonyl (C=O) groups is 1. The molecule has 4 rings (SSSR count). The zero-order valence-corrected chi connectivity index (χ0v) is 26.7. The first kappa shape index (κ1) is 32.4. The second kappa shape index (κ2) is 13.4. The lowest BCUT2D eigenvalue weighted by Gasteiger charge is -2.21. The third-order valence-corrected chi connectivity index (χ3v) is 7.65. The molecule has 0 aliphatic heterocycles. The molecule has 0 saturated carbocycles. The van der Waals surface area contributed by atoms with Gasteiger partial charge in [0.2, 0.25) is 0 Å². The summed E-state index contributed by atoms with van der Waals surface area (Å²) in [5.41, 5.74) is 2.72. The first-order chi connectivity index (χ1) is 20.8. The quantitative estimate of drug-likeness (QED) is 0.204. The molecule has 0 unspecified atom stereocenters. The summed E-state index contributed by atoms with van der Waals surface area (Å²) in [5.74, 6) is 1.48. The lowest BCUT2D eigenvalue weighted by molar-refractivity contribution is -0.152. The van der Waals surface area contributed by atoms with Crippen molar-refractivity contribution >= 4 is 5.97 Å². The standard InChI is InChI=1S/C35H43N3O6/c1-34(2,3)27-16-11-25(12-17-27)22-38-33(41)37(23-26-15-20-29(42-6)21-30(26)43-7)31(36-38)10-8-9-24-13-18-28(19-14-24)44-35(4,5)32(39)40/h11-21H,8-10,22-23H2,1-7H3,(H,39,40). The third-order valence-electron chi connectivity index (χ3n) is 7.65. The van der Waals surface area contributed by atoms with Gasteiger partial charge in [0.05, 0.1) is 27.3 Å². The van der Waals surface area contributed by atoms with Crippen LogP contribution in [0.25, 0.3) is 0 Å². The molecule has 4 aromatic rings. The molecule has 9 heteroatoms. The third kappa shape index (κ3) is 7.89. The highest BCUT2D eigenvalue weighted by molar-refractivity contribution is 5.76. The average Bonchev–Trinajstić information content (AvgIpc) is 3.26. The summed E-state index contributed by atoms with van der Waals surface area (Å²) < 4.78 is 19.8. The Bertz CT molecular complexity index is 1630. The number of aliphatic carboxylic acids is 1. The molecule has 0 atom stereocenters. The number of benzene rings is 3. The molecule has 1 N–H and O–H groups in total. The van der Waals surface area contributed by atoms with Crippen LogP contribution in [0.2, 0.25) is 0 Å². The fourth-order valence-electron chi connectivity index (χ4n) is 4.88. The number of hydrogen-bond acceptors (Lipinski definition) is 6. The lowest BCUT2D eigenvalue weighted by atomic mass is 9.87. The van der Waals surface area contributed by atoms with Crippen molar-refractivity contribution in [1.82, 2.24) is 14.3 Å². The predicted molar refractivity (Wildman–Crippen MR) is 170 cm³/mol. The normalized spacial score (nSPS) is 11.8. The summed E-state index contributed by atoms with van der Waals surface area (Å²) in [6.45, 7) is 10.3. The lowest BCUT2D eigenvalue weighted by Crippen LogP contribution is -2.37. The molecule has 0 spiro atoms. The number of ether oxygens (including phenoxy) is 3. The summed E-state index contributed by atoms with van der Waals surface area (Å²) in [4.78, 5) is 25.1. The largest absolute Gasteiger partial charge is 0.497 e. The Kier molecular flexibility index (Phi) is 9.87. The Morgan fingerprint density at radius 3 is 2.05 bits per heavy atom. The van der Waals surface area contributed by atoms with Gasteiger partial charge in [0, 0.05) is 18.1 Å². The van der Waals surface area contributed by atoms with Crippen molar-refractivity contribution in [2.45, 2.75) is 78.0 Å². The molecule has 0 fully saturated rings. The molecule has 0 radical (unpaired) electrons. The van der Waals surface area contributed by atoms with Crippen LogP contribution in [0, 0.1) is 0 Å². The number of carboxylic acid groups (broad SMARTS) is 1. The summed E-state index contributed by atoms with van der Waals surface area (Å²) >= 11 is 0. The number of aromatic nitrogens is 3. The molecular weight excluding hydrogens is 558 g/mol. The Balaban J connectivity index is 1.55. The van der Waals surface area contributed by atoms with Crippen LogP contribution in [0.4, 0.5) is 0 Å². The summed E-state index contributed by atoms with van der Waals surface area (Å²) in [7, 11) is 3.21. The van der Waals surface area contributed by atoms with Gasteiger partial charge >= 0.3 is 11.7 Å². The maximum Gasteiger partial charge on any atom is 0.347 e. The van der Waals surface area contributed by atoms with Gasteiger partial charge in [0.25, 0.3) is 0 Å². The van der Waals surface area contributed by atoms with E-state index in [4.69, 9.17) is 19.3 Å². The van der Waals surface area contributed by atoms with Crippen LogP contribution in [-0.4, -0.2) is 45.2 Å². The fourth-order valence-corrected chi connectivity index (χ4v) is 4.88. The van der Waals surface area contributed by atoms with E-state index in [1.54, 1.807) is 30.9 Å². The molecule has 234 valence electrons. The van der Waals surface area contributed by atoms with Crippen molar-refractivity contribution < 1.29 is 24.1 Å². The summed E-state index contributed by atoms with van der Waals surface area (Å²) in [5, 5.41) is 14.1. The first-order valence-corrected chi connectivity index (χ1v) is 14.8. The molecule has 0 saturated heterocycles. The molecule has 9 nitrogen and oxygen atoms in total. The van der Waals surface area contributed by atoms with Gasteiger partial charge in [-0.05, 0) is 73.1 Å². The maximum absolute atomic E-state index is 13.7. The van der Waals surface area contributed by atoms with E-state index < -0.39 is 11.6 Å². The number of nitrogens with zero attached hydrogens (tertiary/aromatic N) is 3. The molecule has 3 aromatic carbocycles. The number of methoxy groups -OCH3 is 2. The van der Waals surface area contributed by atoms with Gasteiger partial charge in [0.1, 0.15) is 23.1 Å². The van der Waals surface area contributed by atoms with Crippen molar-refractivity contribution in [3.05, 3.63) is 105 Å². The van der Waals surface area contributed by atoms with Crippen LogP contribution >= 0.6 is 0 Å². The number of rotatable bonds is 13. The van der Waals surface area contributed by atoms with Gasteiger partial charge in [-0.25, -0.2) is 14.3 Å². The molecule has 44 heavy (non-hydrogen) atoms. The minimum absolute atomic E-state index is 0.0456. The van der Waals surface area contributed by atoms with Crippen molar-refractivity contribution in [1.29, 1.82) is 0 Å². The Labute approximate surface area is 259 Å². The van der Waals surface area contributed by atoms with Crippen LogP contribution in [0.5, 0.6) is 17.2 Å². The predicted octanol–water partition coefficient (Wildman–Crippen LogP) is 5.87. The monoisotopic (exact) mass is 601 g/mol. The van der Waals surface area contributed by atoms with Crippen LogP contribution in [0.15, 0.2) is 71.5 Å². The van der Waals surface area contributed by atoms with Crippen molar-refractivity contribution in [2.24, 2.45) is 0 Å². The number of hydrogen-bond donors (Lipinski definition) is 1. The van der Waals surface area contributed by atoms with Crippen molar-refractivity contribution in [3.8, 4) is 17.2 Å². The zero-order chi connectivity index (χ0) is 32.1. The molecule has 1 heterocycles. The van der Waals surface area contributed by atoms with Gasteiger partial charge in [-0.1, -0.05) is 57.2 Å². The number of aryl methyl sites for hydroxylation is 2. The molecular formula is C35H43N3O6. The van der Waals surface area contributed by atoms with E-state index in [1.165, 1.54) is 24.1 Å². The van der Waals surface area contributed by atoms with Gasteiger partial charge in [0.15, 0.2) is 5.60 Å². The Morgan fingerprint density at radius 2 is 1.45 bits per heavy atom. The van der Waals surface area contributed by atoms with E-state index in [0.717, 1.165) is 29.5 Å². The highest BCUT2D eigenvalue weighted by Crippen LogP contribution is 2.26. The van der Waals surface area contributed by atoms with Crippen molar-refractivity contribution in [2.75, 3.05) is 14.2 Å². The fraction of sp³-hybridized carbons (Fsp3) is 0.400. The summed E-state index contributed by atoms with van der Waals surface area (Å²) in [6, 6.07) is 21.3. The van der Waals surface area contributed by atoms with Crippen LogP contribution in [0.1, 0.15) is 69.1 Å². The minimum atomic E-state index is -1.31. The van der Waals surface area contributed by atoms with Gasteiger partial charge < -0.3 is 19.3 Å². The highest BCUT2D eigenvalue weighted by Gasteiger charge is 2.29. The number of carboxylic acids is 1. The second-order valence-electron chi connectivity index (χ2n) is 12.5. The molecule has 0 bridgehead atoms. The van der Waals surface area contributed by atoms with Crippen LogP contribution in [-0.2, 0) is 36.1 Å². The van der Waals surface area contributed by atoms with Gasteiger partial charge in [-0.3, -0.25) is 4.57 Å². The maximum atomic E-state index is 13.7. The zero-order valence-electron chi connectivity index (χ0n) is 26.7.